The van der Waals surface area contributed by atoms with Crippen LogP contribution in [0.15, 0.2) is 24.7 Å². The maximum atomic E-state index is 12.3. The molecule has 0 spiro atoms. The van der Waals surface area contributed by atoms with Crippen molar-refractivity contribution in [1.82, 2.24) is 25.3 Å². The van der Waals surface area contributed by atoms with Crippen molar-refractivity contribution in [3.05, 3.63) is 30.4 Å². The highest BCUT2D eigenvalue weighted by molar-refractivity contribution is 5.35. The number of hydrogen-bond donors (Lipinski definition) is 1. The van der Waals surface area contributed by atoms with Gasteiger partial charge >= 0.3 is 6.18 Å². The molecule has 28 heavy (non-hydrogen) atoms. The Morgan fingerprint density at radius 3 is 2.64 bits per heavy atom. The van der Waals surface area contributed by atoms with E-state index in [1.165, 1.54) is 0 Å². The van der Waals surface area contributed by atoms with E-state index < -0.39 is 12.6 Å². The van der Waals surface area contributed by atoms with E-state index in [0.717, 1.165) is 24.3 Å². The fourth-order valence-corrected chi connectivity index (χ4v) is 3.02. The van der Waals surface area contributed by atoms with Crippen molar-refractivity contribution in [2.24, 2.45) is 0 Å². The van der Waals surface area contributed by atoms with Crippen LogP contribution in [0.1, 0.15) is 51.6 Å². The fourth-order valence-electron chi connectivity index (χ4n) is 3.02. The van der Waals surface area contributed by atoms with E-state index in [2.05, 4.69) is 20.6 Å². The number of alkyl halides is 3. The van der Waals surface area contributed by atoms with Crippen molar-refractivity contribution >= 4 is 0 Å². The Labute approximate surface area is 162 Å². The van der Waals surface area contributed by atoms with Gasteiger partial charge in [-0.3, -0.25) is 4.98 Å². The highest BCUT2D eigenvalue weighted by atomic mass is 19.4. The summed E-state index contributed by atoms with van der Waals surface area (Å²) in [5, 5.41) is 11.7. The largest absolute Gasteiger partial charge is 0.490 e. The number of halogens is 3. The molecule has 0 amide bonds. The van der Waals surface area contributed by atoms with Crippen molar-refractivity contribution in [2.45, 2.75) is 63.6 Å². The molecule has 1 aliphatic heterocycles. The number of unbranched alkanes of at least 4 members (excludes halogenated alkanes) is 1. The smallest absolute Gasteiger partial charge is 0.389 e. The molecule has 9 heteroatoms. The molecule has 0 bridgehead atoms. The minimum atomic E-state index is -4.10. The van der Waals surface area contributed by atoms with E-state index in [-0.39, 0.29) is 11.8 Å². The zero-order valence-electron chi connectivity index (χ0n) is 16.2. The molecule has 6 nitrogen and oxygen atoms in total. The molecule has 2 aromatic rings. The monoisotopic (exact) mass is 397 g/mol. The number of pyridine rings is 1. The van der Waals surface area contributed by atoms with Gasteiger partial charge in [0.25, 0.3) is 0 Å². The van der Waals surface area contributed by atoms with Crippen molar-refractivity contribution in [2.75, 3.05) is 13.2 Å². The van der Waals surface area contributed by atoms with Crippen LogP contribution in [0.4, 0.5) is 13.2 Å². The van der Waals surface area contributed by atoms with Gasteiger partial charge in [0.05, 0.1) is 30.0 Å². The van der Waals surface area contributed by atoms with Crippen LogP contribution >= 0.6 is 0 Å². The lowest BCUT2D eigenvalue weighted by Gasteiger charge is -2.27. The molecule has 0 aliphatic carbocycles. The average molecular weight is 397 g/mol. The standard InChI is InChI=1S/C19H26F3N5O/c1-18(2,6-3-4-7-19(20,21)22)17-12-27(26-25-17)15-9-16(11-23-10-15)28-13-14-5-8-24-14/h9-12,14,24H,3-8,13H2,1-2H3/t14-/m0/s1. The Balaban J connectivity index is 1.59. The van der Waals surface area contributed by atoms with Gasteiger partial charge in [-0.05, 0) is 25.8 Å². The molecule has 1 atom stereocenters. The van der Waals surface area contributed by atoms with Gasteiger partial charge in [0.2, 0.25) is 0 Å². The Hall–Kier alpha value is -2.16. The first kappa shape index (κ1) is 20.6. The average Bonchev–Trinajstić information content (AvgIpc) is 3.08. The number of rotatable bonds is 9. The van der Waals surface area contributed by atoms with Crippen LogP contribution < -0.4 is 10.1 Å². The first-order valence-corrected chi connectivity index (χ1v) is 9.54. The first-order chi connectivity index (χ1) is 13.2. The molecule has 3 heterocycles. The second-order valence-corrected chi connectivity index (χ2v) is 7.88. The Kier molecular flexibility index (Phi) is 6.22. The van der Waals surface area contributed by atoms with E-state index in [4.69, 9.17) is 4.74 Å². The summed E-state index contributed by atoms with van der Waals surface area (Å²) in [6.45, 7) is 5.56. The summed E-state index contributed by atoms with van der Waals surface area (Å²) in [5.74, 6) is 0.662. The lowest BCUT2D eigenvalue weighted by molar-refractivity contribution is -0.135. The second kappa shape index (κ2) is 8.46. The summed E-state index contributed by atoms with van der Waals surface area (Å²) in [4.78, 5) is 4.20. The third-order valence-electron chi connectivity index (χ3n) is 5.04. The number of hydrogen-bond acceptors (Lipinski definition) is 5. The van der Waals surface area contributed by atoms with E-state index in [1.807, 2.05) is 19.9 Å². The predicted molar refractivity (Wildman–Crippen MR) is 98.6 cm³/mol. The van der Waals surface area contributed by atoms with E-state index in [1.54, 1.807) is 23.3 Å². The minimum absolute atomic E-state index is 0.125. The maximum absolute atomic E-state index is 12.3. The third kappa shape index (κ3) is 5.67. The highest BCUT2D eigenvalue weighted by Gasteiger charge is 2.28. The summed E-state index contributed by atoms with van der Waals surface area (Å²) in [5.41, 5.74) is 1.11. The van der Waals surface area contributed by atoms with Crippen molar-refractivity contribution in [3.8, 4) is 11.4 Å². The van der Waals surface area contributed by atoms with Crippen molar-refractivity contribution in [3.63, 3.8) is 0 Å². The normalized spacial score (nSPS) is 17.4. The molecule has 2 aromatic heterocycles. The number of nitrogens with one attached hydrogen (secondary N) is 1. The number of aromatic nitrogens is 4. The van der Waals surface area contributed by atoms with Crippen LogP contribution in [0.3, 0.4) is 0 Å². The van der Waals surface area contributed by atoms with Gasteiger partial charge in [-0.15, -0.1) is 5.10 Å². The summed E-state index contributed by atoms with van der Waals surface area (Å²) in [7, 11) is 0. The van der Waals surface area contributed by atoms with E-state index in [9.17, 15) is 13.2 Å². The molecular formula is C19H26F3N5O. The van der Waals surface area contributed by atoms with Crippen LogP contribution in [0.25, 0.3) is 5.69 Å². The van der Waals surface area contributed by atoms with Gasteiger partial charge in [-0.25, -0.2) is 4.68 Å². The molecule has 1 aliphatic rings. The second-order valence-electron chi connectivity index (χ2n) is 7.88. The Morgan fingerprint density at radius 1 is 1.21 bits per heavy atom. The van der Waals surface area contributed by atoms with Crippen molar-refractivity contribution in [1.29, 1.82) is 0 Å². The lowest BCUT2D eigenvalue weighted by Crippen LogP contribution is -2.46. The van der Waals surface area contributed by atoms with Gasteiger partial charge in [-0.2, -0.15) is 13.2 Å². The molecule has 0 unspecified atom stereocenters. The van der Waals surface area contributed by atoms with E-state index in [0.29, 0.717) is 31.2 Å². The molecule has 0 radical (unpaired) electrons. The molecule has 1 N–H and O–H groups in total. The van der Waals surface area contributed by atoms with Gasteiger partial charge in [0.1, 0.15) is 12.4 Å². The van der Waals surface area contributed by atoms with Crippen LogP contribution in [-0.2, 0) is 5.41 Å². The molecule has 1 saturated heterocycles. The van der Waals surface area contributed by atoms with Crippen LogP contribution in [-0.4, -0.2) is 45.3 Å². The molecular weight excluding hydrogens is 371 g/mol. The highest BCUT2D eigenvalue weighted by Crippen LogP contribution is 2.30. The molecule has 154 valence electrons. The zero-order valence-corrected chi connectivity index (χ0v) is 16.2. The van der Waals surface area contributed by atoms with Gasteiger partial charge in [-0.1, -0.05) is 25.5 Å². The Bertz CT molecular complexity index is 771. The van der Waals surface area contributed by atoms with E-state index >= 15 is 0 Å². The fraction of sp³-hybridized carbons (Fsp3) is 0.632. The molecule has 1 fully saturated rings. The summed E-state index contributed by atoms with van der Waals surface area (Å²) in [6.07, 6.45) is 2.62. The van der Waals surface area contributed by atoms with Crippen LogP contribution in [0.2, 0.25) is 0 Å². The third-order valence-corrected chi connectivity index (χ3v) is 5.04. The summed E-state index contributed by atoms with van der Waals surface area (Å²) < 4.78 is 44.3. The van der Waals surface area contributed by atoms with Gasteiger partial charge in [0, 0.05) is 23.9 Å². The molecule has 3 rings (SSSR count). The summed E-state index contributed by atoms with van der Waals surface area (Å²) >= 11 is 0. The van der Waals surface area contributed by atoms with Gasteiger partial charge in [0.15, 0.2) is 0 Å². The van der Waals surface area contributed by atoms with Gasteiger partial charge < -0.3 is 10.1 Å². The molecule has 0 saturated carbocycles. The maximum Gasteiger partial charge on any atom is 0.389 e. The predicted octanol–water partition coefficient (Wildman–Crippen LogP) is 3.80. The minimum Gasteiger partial charge on any atom is -0.490 e. The van der Waals surface area contributed by atoms with Crippen LogP contribution in [0.5, 0.6) is 5.75 Å². The first-order valence-electron chi connectivity index (χ1n) is 9.54. The zero-order chi connectivity index (χ0) is 20.2. The quantitative estimate of drug-likeness (QED) is 0.652. The van der Waals surface area contributed by atoms with Crippen molar-refractivity contribution < 1.29 is 17.9 Å². The number of ether oxygens (including phenoxy) is 1. The SMILES string of the molecule is CC(C)(CCCCC(F)(F)F)c1cn(-c2cncc(OC[C@@H]3CCN3)c2)nn1. The Morgan fingerprint density at radius 2 is 1.96 bits per heavy atom. The topological polar surface area (TPSA) is 64.9 Å². The number of nitrogens with zero attached hydrogens (tertiary/aromatic N) is 4. The molecule has 0 aromatic carbocycles. The summed E-state index contributed by atoms with van der Waals surface area (Å²) in [6, 6.07) is 2.24. The lowest BCUT2D eigenvalue weighted by atomic mass is 9.84. The van der Waals surface area contributed by atoms with Crippen LogP contribution in [0, 0.1) is 0 Å².